The Morgan fingerprint density at radius 2 is 2.08 bits per heavy atom. The molecule has 0 aliphatic carbocycles. The molecular weight excluding hydrogens is 356 g/mol. The quantitative estimate of drug-likeness (QED) is 0.538. The average Bonchev–Trinajstić information content (AvgIpc) is 2.65. The Morgan fingerprint density at radius 3 is 2.81 bits per heavy atom. The molecule has 0 bridgehead atoms. The number of halogens is 1. The Balaban J connectivity index is 1.78. The number of carbonyl (C=O) groups is 1. The second-order valence-electron chi connectivity index (χ2n) is 5.26. The van der Waals surface area contributed by atoms with Crippen LogP contribution in [0, 0.1) is 0 Å². The highest BCUT2D eigenvalue weighted by molar-refractivity contribution is 6.30. The van der Waals surface area contributed by atoms with Crippen LogP contribution in [0.15, 0.2) is 47.6 Å². The Labute approximate surface area is 157 Å². The molecule has 0 aliphatic rings. The van der Waals surface area contributed by atoms with E-state index in [1.54, 1.807) is 31.4 Å². The normalized spacial score (nSPS) is 10.6. The zero-order chi connectivity index (χ0) is 18.8. The van der Waals surface area contributed by atoms with Gasteiger partial charge in [-0.25, -0.2) is 0 Å². The fraction of sp³-hybridized carbons (Fsp3) is 0.263. The van der Waals surface area contributed by atoms with Gasteiger partial charge in [0.05, 0.1) is 19.9 Å². The smallest absolute Gasteiger partial charge is 0.261 e. The molecule has 26 heavy (non-hydrogen) atoms. The highest BCUT2D eigenvalue weighted by Crippen LogP contribution is 2.27. The summed E-state index contributed by atoms with van der Waals surface area (Å²) >= 11 is 5.90. The molecule has 0 aromatic heterocycles. The number of oxime groups is 1. The van der Waals surface area contributed by atoms with E-state index in [1.165, 1.54) is 6.21 Å². The molecule has 0 radical (unpaired) electrons. The van der Waals surface area contributed by atoms with Gasteiger partial charge in [-0.3, -0.25) is 4.79 Å². The minimum Gasteiger partial charge on any atom is -0.493 e. The van der Waals surface area contributed by atoms with Crippen molar-refractivity contribution >= 4 is 23.7 Å². The second kappa shape index (κ2) is 10.3. The SMILES string of the molecule is CCOc1ccc(/C=N\OCC(=O)NCc2cccc(Cl)c2)cc1OC. The van der Waals surface area contributed by atoms with Gasteiger partial charge in [-0.1, -0.05) is 28.9 Å². The number of carbonyl (C=O) groups excluding carboxylic acids is 1. The molecule has 0 heterocycles. The Bertz CT molecular complexity index is 765. The van der Waals surface area contributed by atoms with Crippen LogP contribution >= 0.6 is 11.6 Å². The topological polar surface area (TPSA) is 69.2 Å². The molecule has 1 amide bonds. The van der Waals surface area contributed by atoms with Gasteiger partial charge in [-0.05, 0) is 42.8 Å². The van der Waals surface area contributed by atoms with Crippen molar-refractivity contribution in [1.82, 2.24) is 5.32 Å². The summed E-state index contributed by atoms with van der Waals surface area (Å²) in [5, 5.41) is 7.16. The maximum absolute atomic E-state index is 11.8. The third-order valence-corrected chi connectivity index (χ3v) is 3.57. The highest BCUT2D eigenvalue weighted by Gasteiger charge is 2.05. The van der Waals surface area contributed by atoms with E-state index in [9.17, 15) is 4.79 Å². The Hall–Kier alpha value is -2.73. The number of benzene rings is 2. The van der Waals surface area contributed by atoms with E-state index in [4.69, 9.17) is 25.9 Å². The molecule has 0 spiro atoms. The Kier molecular flexibility index (Phi) is 7.76. The molecular formula is C19H21ClN2O4. The van der Waals surface area contributed by atoms with Crippen molar-refractivity contribution < 1.29 is 19.1 Å². The van der Waals surface area contributed by atoms with E-state index < -0.39 is 0 Å². The number of nitrogens with one attached hydrogen (secondary N) is 1. The van der Waals surface area contributed by atoms with Gasteiger partial charge in [-0.15, -0.1) is 0 Å². The van der Waals surface area contributed by atoms with Crippen LogP contribution in [0.25, 0.3) is 0 Å². The first-order chi connectivity index (χ1) is 12.6. The van der Waals surface area contributed by atoms with Gasteiger partial charge >= 0.3 is 0 Å². The minimum atomic E-state index is -0.272. The van der Waals surface area contributed by atoms with Crippen LogP contribution in [0.4, 0.5) is 0 Å². The minimum absolute atomic E-state index is 0.175. The van der Waals surface area contributed by atoms with Gasteiger partial charge < -0.3 is 19.6 Å². The fourth-order valence-electron chi connectivity index (χ4n) is 2.13. The Morgan fingerprint density at radius 1 is 1.23 bits per heavy atom. The van der Waals surface area contributed by atoms with E-state index in [0.717, 1.165) is 11.1 Å². The molecule has 2 aromatic carbocycles. The van der Waals surface area contributed by atoms with Gasteiger partial charge in [0, 0.05) is 17.1 Å². The summed E-state index contributed by atoms with van der Waals surface area (Å²) in [6.45, 7) is 2.66. The van der Waals surface area contributed by atoms with Crippen LogP contribution in [0.3, 0.4) is 0 Å². The standard InChI is InChI=1S/C19H21ClN2O4/c1-3-25-17-8-7-15(10-18(17)24-2)12-22-26-13-19(23)21-11-14-5-4-6-16(20)9-14/h4-10,12H,3,11,13H2,1-2H3,(H,21,23)/b22-12-. The second-order valence-corrected chi connectivity index (χ2v) is 5.69. The van der Waals surface area contributed by atoms with E-state index in [-0.39, 0.29) is 12.5 Å². The van der Waals surface area contributed by atoms with E-state index >= 15 is 0 Å². The van der Waals surface area contributed by atoms with Crippen LogP contribution in [0.5, 0.6) is 11.5 Å². The number of hydrogen-bond donors (Lipinski definition) is 1. The predicted molar refractivity (Wildman–Crippen MR) is 101 cm³/mol. The monoisotopic (exact) mass is 376 g/mol. The summed E-state index contributed by atoms with van der Waals surface area (Å²) in [5.41, 5.74) is 1.68. The molecule has 138 valence electrons. The van der Waals surface area contributed by atoms with Crippen molar-refractivity contribution in [2.45, 2.75) is 13.5 Å². The van der Waals surface area contributed by atoms with Gasteiger partial charge in [-0.2, -0.15) is 0 Å². The molecule has 0 aliphatic heterocycles. The molecule has 7 heteroatoms. The first-order valence-electron chi connectivity index (χ1n) is 8.09. The van der Waals surface area contributed by atoms with Crippen molar-refractivity contribution in [1.29, 1.82) is 0 Å². The van der Waals surface area contributed by atoms with Gasteiger partial charge in [0.1, 0.15) is 0 Å². The van der Waals surface area contributed by atoms with E-state index in [1.807, 2.05) is 25.1 Å². The van der Waals surface area contributed by atoms with Crippen LogP contribution in [-0.4, -0.2) is 32.4 Å². The lowest BCUT2D eigenvalue weighted by Gasteiger charge is -2.09. The van der Waals surface area contributed by atoms with Gasteiger partial charge in [0.2, 0.25) is 0 Å². The summed E-state index contributed by atoms with van der Waals surface area (Å²) in [7, 11) is 1.57. The third kappa shape index (κ3) is 6.29. The van der Waals surface area contributed by atoms with Crippen LogP contribution in [0.2, 0.25) is 5.02 Å². The first kappa shape index (κ1) is 19.6. The molecule has 1 N–H and O–H groups in total. The van der Waals surface area contributed by atoms with Crippen molar-refractivity contribution in [3.05, 3.63) is 58.6 Å². The number of methoxy groups -OCH3 is 1. The summed E-state index contributed by atoms with van der Waals surface area (Å²) in [6, 6.07) is 12.7. The molecule has 2 aromatic rings. The number of ether oxygens (including phenoxy) is 2. The summed E-state index contributed by atoms with van der Waals surface area (Å²) in [6.07, 6.45) is 1.50. The summed E-state index contributed by atoms with van der Waals surface area (Å²) in [5.74, 6) is 0.995. The number of hydrogen-bond acceptors (Lipinski definition) is 5. The summed E-state index contributed by atoms with van der Waals surface area (Å²) < 4.78 is 10.7. The third-order valence-electron chi connectivity index (χ3n) is 3.34. The fourth-order valence-corrected chi connectivity index (χ4v) is 2.34. The van der Waals surface area contributed by atoms with Gasteiger partial charge in [0.15, 0.2) is 18.1 Å². The average molecular weight is 377 g/mol. The maximum Gasteiger partial charge on any atom is 0.261 e. The van der Waals surface area contributed by atoms with Crippen molar-refractivity contribution in [3.8, 4) is 11.5 Å². The maximum atomic E-state index is 11.8. The van der Waals surface area contributed by atoms with Crippen molar-refractivity contribution in [2.24, 2.45) is 5.16 Å². The van der Waals surface area contributed by atoms with E-state index in [2.05, 4.69) is 10.5 Å². The predicted octanol–water partition coefficient (Wildman–Crippen LogP) is 3.41. The number of rotatable bonds is 9. The lowest BCUT2D eigenvalue weighted by Crippen LogP contribution is -2.26. The largest absolute Gasteiger partial charge is 0.493 e. The van der Waals surface area contributed by atoms with Crippen LogP contribution in [-0.2, 0) is 16.2 Å². The van der Waals surface area contributed by atoms with Crippen molar-refractivity contribution in [3.63, 3.8) is 0 Å². The van der Waals surface area contributed by atoms with E-state index in [0.29, 0.717) is 29.7 Å². The molecule has 6 nitrogen and oxygen atoms in total. The molecule has 2 rings (SSSR count). The lowest BCUT2D eigenvalue weighted by molar-refractivity contribution is -0.125. The zero-order valence-corrected chi connectivity index (χ0v) is 15.5. The number of amides is 1. The van der Waals surface area contributed by atoms with Crippen molar-refractivity contribution in [2.75, 3.05) is 20.3 Å². The van der Waals surface area contributed by atoms with Gasteiger partial charge in [0.25, 0.3) is 5.91 Å². The van der Waals surface area contributed by atoms with Crippen LogP contribution < -0.4 is 14.8 Å². The molecule has 0 saturated heterocycles. The highest BCUT2D eigenvalue weighted by atomic mass is 35.5. The first-order valence-corrected chi connectivity index (χ1v) is 8.47. The zero-order valence-electron chi connectivity index (χ0n) is 14.7. The molecule has 0 fully saturated rings. The molecule has 0 unspecified atom stereocenters. The lowest BCUT2D eigenvalue weighted by atomic mass is 10.2. The summed E-state index contributed by atoms with van der Waals surface area (Å²) in [4.78, 5) is 16.8. The number of nitrogens with zero attached hydrogens (tertiary/aromatic N) is 1. The molecule has 0 saturated carbocycles. The van der Waals surface area contributed by atoms with Crippen LogP contribution in [0.1, 0.15) is 18.1 Å². The molecule has 0 atom stereocenters.